The maximum atomic E-state index is 13.1. The quantitative estimate of drug-likeness (QED) is 0.746. The molecule has 1 aliphatic carbocycles. The number of carbonyl (C=O) groups excluding carboxylic acids is 1. The molecule has 0 N–H and O–H groups in total. The molecule has 1 heterocycles. The standard InChI is InChI=1S/C15H13FOS/c16-12-6-3-5-11(8-12)15(17)14-9-10-4-1-2-7-13(10)18-14/h3,5-6,8-9H,1-2,4,7H2. The van der Waals surface area contributed by atoms with Gasteiger partial charge in [-0.25, -0.2) is 4.39 Å². The zero-order chi connectivity index (χ0) is 12.5. The average molecular weight is 260 g/mol. The fourth-order valence-corrected chi connectivity index (χ4v) is 3.59. The molecule has 0 radical (unpaired) electrons. The minimum Gasteiger partial charge on any atom is -0.288 e. The van der Waals surface area contributed by atoms with Crippen LogP contribution in [-0.2, 0) is 12.8 Å². The summed E-state index contributed by atoms with van der Waals surface area (Å²) in [5.74, 6) is -0.420. The Bertz CT molecular complexity index is 577. The van der Waals surface area contributed by atoms with Crippen LogP contribution in [0.2, 0.25) is 0 Å². The summed E-state index contributed by atoms with van der Waals surface area (Å²) in [6.07, 6.45) is 4.57. The van der Waals surface area contributed by atoms with Gasteiger partial charge in [0.05, 0.1) is 4.88 Å². The minimum atomic E-state index is -0.359. The molecule has 18 heavy (non-hydrogen) atoms. The Morgan fingerprint density at radius 2 is 2.00 bits per heavy atom. The molecule has 0 amide bonds. The fourth-order valence-electron chi connectivity index (χ4n) is 2.37. The number of hydrogen-bond donors (Lipinski definition) is 0. The maximum Gasteiger partial charge on any atom is 0.203 e. The molecule has 3 rings (SSSR count). The van der Waals surface area contributed by atoms with Crippen LogP contribution in [0.1, 0.15) is 38.5 Å². The lowest BCUT2D eigenvalue weighted by molar-refractivity contribution is 0.104. The Hall–Kier alpha value is -1.48. The zero-order valence-corrected chi connectivity index (χ0v) is 10.7. The highest BCUT2D eigenvalue weighted by Crippen LogP contribution is 2.30. The second-order valence-corrected chi connectivity index (χ2v) is 5.74. The van der Waals surface area contributed by atoms with E-state index >= 15 is 0 Å². The van der Waals surface area contributed by atoms with E-state index in [9.17, 15) is 9.18 Å². The summed E-state index contributed by atoms with van der Waals surface area (Å²) in [6, 6.07) is 7.91. The average Bonchev–Trinajstić information content (AvgIpc) is 2.81. The number of aryl methyl sites for hydroxylation is 2. The Labute approximate surface area is 109 Å². The molecule has 0 saturated heterocycles. The van der Waals surface area contributed by atoms with E-state index in [0.717, 1.165) is 17.7 Å². The van der Waals surface area contributed by atoms with Gasteiger partial charge in [-0.3, -0.25) is 4.79 Å². The van der Waals surface area contributed by atoms with E-state index in [4.69, 9.17) is 0 Å². The van der Waals surface area contributed by atoms with Crippen molar-refractivity contribution in [3.8, 4) is 0 Å². The van der Waals surface area contributed by atoms with Gasteiger partial charge < -0.3 is 0 Å². The van der Waals surface area contributed by atoms with Gasteiger partial charge in [0, 0.05) is 10.4 Å². The van der Waals surface area contributed by atoms with Gasteiger partial charge >= 0.3 is 0 Å². The molecule has 1 nitrogen and oxygen atoms in total. The minimum absolute atomic E-state index is 0.0612. The lowest BCUT2D eigenvalue weighted by atomic mass is 9.98. The molecule has 1 aromatic heterocycles. The Morgan fingerprint density at radius 3 is 2.78 bits per heavy atom. The van der Waals surface area contributed by atoms with Crippen molar-refractivity contribution in [3.63, 3.8) is 0 Å². The van der Waals surface area contributed by atoms with E-state index in [1.807, 2.05) is 6.07 Å². The Kier molecular flexibility index (Phi) is 3.00. The molecule has 0 aliphatic heterocycles. The first-order chi connectivity index (χ1) is 8.74. The van der Waals surface area contributed by atoms with E-state index in [2.05, 4.69) is 0 Å². The van der Waals surface area contributed by atoms with Crippen molar-refractivity contribution in [2.24, 2.45) is 0 Å². The number of carbonyl (C=O) groups is 1. The molecule has 0 saturated carbocycles. The van der Waals surface area contributed by atoms with Crippen LogP contribution in [-0.4, -0.2) is 5.78 Å². The van der Waals surface area contributed by atoms with Crippen LogP contribution in [0.5, 0.6) is 0 Å². The zero-order valence-electron chi connectivity index (χ0n) is 9.91. The number of benzene rings is 1. The number of rotatable bonds is 2. The second kappa shape index (κ2) is 4.65. The van der Waals surface area contributed by atoms with E-state index in [1.54, 1.807) is 23.5 Å². The monoisotopic (exact) mass is 260 g/mol. The third-order valence-corrected chi connectivity index (χ3v) is 4.54. The van der Waals surface area contributed by atoms with Crippen LogP contribution in [0.4, 0.5) is 4.39 Å². The van der Waals surface area contributed by atoms with Gasteiger partial charge in [-0.1, -0.05) is 12.1 Å². The van der Waals surface area contributed by atoms with Crippen molar-refractivity contribution >= 4 is 17.1 Å². The highest BCUT2D eigenvalue weighted by atomic mass is 32.1. The number of ketones is 1. The van der Waals surface area contributed by atoms with Crippen LogP contribution in [0.15, 0.2) is 30.3 Å². The molecule has 0 unspecified atom stereocenters. The molecule has 2 aromatic rings. The van der Waals surface area contributed by atoms with Gasteiger partial charge in [0.15, 0.2) is 0 Å². The summed E-state index contributed by atoms with van der Waals surface area (Å²) in [5.41, 5.74) is 1.75. The third kappa shape index (κ3) is 2.10. The largest absolute Gasteiger partial charge is 0.288 e. The Balaban J connectivity index is 1.95. The van der Waals surface area contributed by atoms with Gasteiger partial charge in [0.1, 0.15) is 5.82 Å². The summed E-state index contributed by atoms with van der Waals surface area (Å²) in [6.45, 7) is 0. The third-order valence-electron chi connectivity index (χ3n) is 3.31. The first kappa shape index (κ1) is 11.6. The van der Waals surface area contributed by atoms with Crippen LogP contribution in [0.3, 0.4) is 0 Å². The van der Waals surface area contributed by atoms with Crippen molar-refractivity contribution in [1.82, 2.24) is 0 Å². The van der Waals surface area contributed by atoms with E-state index in [-0.39, 0.29) is 11.6 Å². The Morgan fingerprint density at radius 1 is 1.17 bits per heavy atom. The van der Waals surface area contributed by atoms with Gasteiger partial charge in [-0.15, -0.1) is 11.3 Å². The van der Waals surface area contributed by atoms with Crippen molar-refractivity contribution in [2.45, 2.75) is 25.7 Å². The first-order valence-electron chi connectivity index (χ1n) is 6.16. The van der Waals surface area contributed by atoms with Crippen LogP contribution < -0.4 is 0 Å². The van der Waals surface area contributed by atoms with Gasteiger partial charge in [0.25, 0.3) is 0 Å². The summed E-state index contributed by atoms with van der Waals surface area (Å²) in [4.78, 5) is 14.3. The molecule has 92 valence electrons. The van der Waals surface area contributed by atoms with Crippen LogP contribution in [0.25, 0.3) is 0 Å². The highest BCUT2D eigenvalue weighted by molar-refractivity contribution is 7.14. The highest BCUT2D eigenvalue weighted by Gasteiger charge is 2.18. The number of fused-ring (bicyclic) bond motifs is 1. The van der Waals surface area contributed by atoms with E-state index in [0.29, 0.717) is 5.56 Å². The molecular weight excluding hydrogens is 247 g/mol. The van der Waals surface area contributed by atoms with Crippen LogP contribution >= 0.6 is 11.3 Å². The predicted octanol–water partition coefficient (Wildman–Crippen LogP) is 4.00. The smallest absolute Gasteiger partial charge is 0.203 e. The second-order valence-electron chi connectivity index (χ2n) is 4.61. The normalized spacial score (nSPS) is 14.3. The summed E-state index contributed by atoms with van der Waals surface area (Å²) in [5, 5.41) is 0. The van der Waals surface area contributed by atoms with Crippen molar-refractivity contribution in [1.29, 1.82) is 0 Å². The fraction of sp³-hybridized carbons (Fsp3) is 0.267. The van der Waals surface area contributed by atoms with Crippen molar-refractivity contribution in [2.75, 3.05) is 0 Å². The van der Waals surface area contributed by atoms with Crippen molar-refractivity contribution < 1.29 is 9.18 Å². The van der Waals surface area contributed by atoms with Gasteiger partial charge in [-0.2, -0.15) is 0 Å². The molecule has 3 heteroatoms. The van der Waals surface area contributed by atoms with Gasteiger partial charge in [0.2, 0.25) is 5.78 Å². The summed E-state index contributed by atoms with van der Waals surface area (Å²) in [7, 11) is 0. The van der Waals surface area contributed by atoms with Crippen LogP contribution in [0, 0.1) is 5.82 Å². The molecule has 1 aromatic carbocycles. The first-order valence-corrected chi connectivity index (χ1v) is 6.97. The summed E-state index contributed by atoms with van der Waals surface area (Å²) >= 11 is 1.57. The maximum absolute atomic E-state index is 13.1. The molecule has 0 atom stereocenters. The number of thiophene rings is 1. The number of halogens is 1. The predicted molar refractivity (Wildman–Crippen MR) is 70.8 cm³/mol. The van der Waals surface area contributed by atoms with E-state index < -0.39 is 0 Å². The lowest BCUT2D eigenvalue weighted by Crippen LogP contribution is -1.99. The molecule has 0 bridgehead atoms. The molecule has 1 aliphatic rings. The summed E-state index contributed by atoms with van der Waals surface area (Å²) < 4.78 is 13.1. The molecule has 0 spiro atoms. The SMILES string of the molecule is O=C(c1cccc(F)c1)c1cc2c(s1)CCCC2. The topological polar surface area (TPSA) is 17.1 Å². The van der Waals surface area contributed by atoms with Crippen molar-refractivity contribution in [3.05, 3.63) is 57.0 Å². The lowest BCUT2D eigenvalue weighted by Gasteiger charge is -2.08. The molecular formula is C15H13FOS. The van der Waals surface area contributed by atoms with E-state index in [1.165, 1.54) is 35.4 Å². The molecule has 0 fully saturated rings. The van der Waals surface area contributed by atoms with Gasteiger partial charge in [-0.05, 0) is 49.4 Å². The number of hydrogen-bond acceptors (Lipinski definition) is 2.